The fraction of sp³-hybridized carbons (Fsp3) is 0.500. The maximum Gasteiger partial charge on any atom is 0.319 e. The third kappa shape index (κ3) is 5.36. The van der Waals surface area contributed by atoms with Gasteiger partial charge in [0.25, 0.3) is 0 Å². The third-order valence-corrected chi connectivity index (χ3v) is 4.60. The molecular formula is C18H24ClN3O4. The van der Waals surface area contributed by atoms with E-state index < -0.39 is 12.1 Å². The molecule has 8 heteroatoms. The minimum absolute atomic E-state index is 0.161. The van der Waals surface area contributed by atoms with Crippen LogP contribution in [0.25, 0.3) is 0 Å². The van der Waals surface area contributed by atoms with Crippen molar-refractivity contribution in [1.29, 1.82) is 0 Å². The smallest absolute Gasteiger partial charge is 0.319 e. The highest BCUT2D eigenvalue weighted by molar-refractivity contribution is 6.33. The molecule has 2 N–H and O–H groups in total. The summed E-state index contributed by atoms with van der Waals surface area (Å²) in [6, 6.07) is 5.67. The average molecular weight is 382 g/mol. The number of carbonyl (C=O) groups is 3. The highest BCUT2D eigenvalue weighted by Gasteiger charge is 2.30. The fourth-order valence-corrected chi connectivity index (χ4v) is 3.03. The Morgan fingerprint density at radius 3 is 2.54 bits per heavy atom. The number of hydrogen-bond acceptors (Lipinski definition) is 4. The fourth-order valence-electron chi connectivity index (χ4n) is 2.85. The second kappa shape index (κ2) is 9.43. The minimum atomic E-state index is -0.684. The summed E-state index contributed by atoms with van der Waals surface area (Å²) in [7, 11) is 0. The van der Waals surface area contributed by atoms with Crippen LogP contribution in [0.2, 0.25) is 5.02 Å². The quantitative estimate of drug-likeness (QED) is 0.767. The highest BCUT2D eigenvalue weighted by atomic mass is 35.5. The first-order valence-electron chi connectivity index (χ1n) is 8.69. The Balaban J connectivity index is 1.81. The molecule has 1 fully saturated rings. The van der Waals surface area contributed by atoms with Crippen LogP contribution >= 0.6 is 11.6 Å². The molecule has 1 aliphatic heterocycles. The zero-order chi connectivity index (χ0) is 19.1. The molecule has 1 unspecified atom stereocenters. The van der Waals surface area contributed by atoms with Crippen molar-refractivity contribution in [2.75, 3.05) is 25.0 Å². The van der Waals surface area contributed by atoms with Crippen LogP contribution in [0.3, 0.4) is 0 Å². The number of nitrogens with zero attached hydrogens (tertiary/aromatic N) is 1. The van der Waals surface area contributed by atoms with Gasteiger partial charge in [0.2, 0.25) is 5.91 Å². The van der Waals surface area contributed by atoms with E-state index in [0.29, 0.717) is 43.2 Å². The molecule has 7 nitrogen and oxygen atoms in total. The number of urea groups is 1. The maximum atomic E-state index is 12.5. The van der Waals surface area contributed by atoms with Crippen molar-refractivity contribution >= 4 is 35.2 Å². The normalized spacial score (nSPS) is 15.9. The first kappa shape index (κ1) is 20.0. The predicted octanol–water partition coefficient (Wildman–Crippen LogP) is 2.65. The number of anilines is 1. The van der Waals surface area contributed by atoms with Crippen molar-refractivity contribution in [3.63, 3.8) is 0 Å². The molecule has 0 bridgehead atoms. The molecule has 3 amide bonds. The number of hydrogen-bond donors (Lipinski definition) is 2. The average Bonchev–Trinajstić information content (AvgIpc) is 2.63. The van der Waals surface area contributed by atoms with Gasteiger partial charge in [-0.25, -0.2) is 4.79 Å². The lowest BCUT2D eigenvalue weighted by molar-refractivity contribution is -0.151. The molecule has 1 aromatic carbocycles. The summed E-state index contributed by atoms with van der Waals surface area (Å²) in [5.41, 5.74) is 0.474. The number of rotatable bonds is 5. The zero-order valence-corrected chi connectivity index (χ0v) is 15.7. The van der Waals surface area contributed by atoms with Crippen LogP contribution < -0.4 is 10.6 Å². The van der Waals surface area contributed by atoms with Crippen LogP contribution in [0.15, 0.2) is 24.3 Å². The molecule has 142 valence electrons. The molecule has 0 aliphatic carbocycles. The predicted molar refractivity (Wildman–Crippen MR) is 99.0 cm³/mol. The Hall–Kier alpha value is -2.28. The largest absolute Gasteiger partial charge is 0.466 e. The molecule has 1 saturated heterocycles. The molecule has 2 rings (SSSR count). The van der Waals surface area contributed by atoms with Crippen molar-refractivity contribution in [1.82, 2.24) is 10.2 Å². The van der Waals surface area contributed by atoms with E-state index in [9.17, 15) is 14.4 Å². The molecule has 1 aliphatic rings. The molecule has 1 atom stereocenters. The molecule has 26 heavy (non-hydrogen) atoms. The molecule has 1 aromatic rings. The molecule has 0 radical (unpaired) electrons. The lowest BCUT2D eigenvalue weighted by atomic mass is 9.96. The molecule has 0 saturated carbocycles. The summed E-state index contributed by atoms with van der Waals surface area (Å²) in [6.45, 7) is 4.71. The van der Waals surface area contributed by atoms with Crippen LogP contribution in [-0.2, 0) is 14.3 Å². The van der Waals surface area contributed by atoms with Gasteiger partial charge in [0.05, 0.1) is 23.2 Å². The topological polar surface area (TPSA) is 87.7 Å². The van der Waals surface area contributed by atoms with Crippen LogP contribution in [0.5, 0.6) is 0 Å². The van der Waals surface area contributed by atoms with Crippen LogP contribution in [0, 0.1) is 5.92 Å². The summed E-state index contributed by atoms with van der Waals surface area (Å²) < 4.78 is 5.02. The maximum absolute atomic E-state index is 12.5. The highest BCUT2D eigenvalue weighted by Crippen LogP contribution is 2.21. The van der Waals surface area contributed by atoms with Gasteiger partial charge in [-0.1, -0.05) is 23.7 Å². The van der Waals surface area contributed by atoms with Gasteiger partial charge in [-0.15, -0.1) is 0 Å². The van der Waals surface area contributed by atoms with Crippen molar-refractivity contribution in [2.24, 2.45) is 5.92 Å². The van der Waals surface area contributed by atoms with Gasteiger partial charge in [-0.2, -0.15) is 0 Å². The summed E-state index contributed by atoms with van der Waals surface area (Å²) >= 11 is 6.00. The molecular weight excluding hydrogens is 358 g/mol. The number of carbonyl (C=O) groups excluding carboxylic acids is 3. The van der Waals surface area contributed by atoms with E-state index in [1.165, 1.54) is 0 Å². The first-order chi connectivity index (χ1) is 12.4. The van der Waals surface area contributed by atoms with Crippen molar-refractivity contribution in [3.8, 4) is 0 Å². The second-order valence-electron chi connectivity index (χ2n) is 6.15. The third-order valence-electron chi connectivity index (χ3n) is 4.27. The number of likely N-dealkylation sites (tertiary alicyclic amines) is 1. The first-order valence-corrected chi connectivity index (χ1v) is 9.07. The van der Waals surface area contributed by atoms with Gasteiger partial charge in [0, 0.05) is 13.1 Å². The van der Waals surface area contributed by atoms with Gasteiger partial charge in [-0.05, 0) is 38.8 Å². The number of amides is 3. The van der Waals surface area contributed by atoms with Crippen LogP contribution in [-0.4, -0.2) is 48.5 Å². The SMILES string of the molecule is CCOC(=O)C1CCN(C(=O)C(C)NC(=O)Nc2ccccc2Cl)CC1. The van der Waals surface area contributed by atoms with Gasteiger partial charge in [0.1, 0.15) is 6.04 Å². The molecule has 0 spiro atoms. The van der Waals surface area contributed by atoms with Crippen molar-refractivity contribution in [3.05, 3.63) is 29.3 Å². The molecule has 0 aromatic heterocycles. The van der Waals surface area contributed by atoms with Crippen molar-refractivity contribution < 1.29 is 19.1 Å². The summed E-state index contributed by atoms with van der Waals surface area (Å²) in [5, 5.41) is 5.66. The van der Waals surface area contributed by atoms with Gasteiger partial charge in [-0.3, -0.25) is 9.59 Å². The van der Waals surface area contributed by atoms with Crippen LogP contribution in [0.4, 0.5) is 10.5 Å². The van der Waals surface area contributed by atoms with Gasteiger partial charge < -0.3 is 20.3 Å². The Bertz CT molecular complexity index is 660. The van der Waals surface area contributed by atoms with E-state index in [1.807, 2.05) is 0 Å². The van der Waals surface area contributed by atoms with E-state index in [2.05, 4.69) is 10.6 Å². The summed E-state index contributed by atoms with van der Waals surface area (Å²) in [5.74, 6) is -0.544. The molecule has 1 heterocycles. The number of benzene rings is 1. The second-order valence-corrected chi connectivity index (χ2v) is 6.56. The van der Waals surface area contributed by atoms with E-state index in [1.54, 1.807) is 43.0 Å². The van der Waals surface area contributed by atoms with E-state index in [4.69, 9.17) is 16.3 Å². The Morgan fingerprint density at radius 1 is 1.27 bits per heavy atom. The Morgan fingerprint density at radius 2 is 1.92 bits per heavy atom. The lowest BCUT2D eigenvalue weighted by Gasteiger charge is -2.32. The number of esters is 1. The van der Waals surface area contributed by atoms with Gasteiger partial charge in [0.15, 0.2) is 0 Å². The number of nitrogens with one attached hydrogen (secondary N) is 2. The van der Waals surface area contributed by atoms with E-state index in [-0.39, 0.29) is 17.8 Å². The van der Waals surface area contributed by atoms with Gasteiger partial charge >= 0.3 is 12.0 Å². The Labute approximate surface area is 158 Å². The summed E-state index contributed by atoms with van der Waals surface area (Å²) in [6.07, 6.45) is 1.15. The minimum Gasteiger partial charge on any atom is -0.466 e. The standard InChI is InChI=1S/C18H24ClN3O4/c1-3-26-17(24)13-8-10-22(11-9-13)16(23)12(2)20-18(25)21-15-7-5-4-6-14(15)19/h4-7,12-13H,3,8-11H2,1-2H3,(H2,20,21,25). The number of halogens is 1. The van der Waals surface area contributed by atoms with Crippen LogP contribution in [0.1, 0.15) is 26.7 Å². The number of ether oxygens (including phenoxy) is 1. The number of piperidine rings is 1. The van der Waals surface area contributed by atoms with Crippen molar-refractivity contribution in [2.45, 2.75) is 32.7 Å². The summed E-state index contributed by atoms with van der Waals surface area (Å²) in [4.78, 5) is 38.0. The monoisotopic (exact) mass is 381 g/mol. The van der Waals surface area contributed by atoms with E-state index in [0.717, 1.165) is 0 Å². The Kier molecular flexibility index (Phi) is 7.26. The zero-order valence-electron chi connectivity index (χ0n) is 15.0. The van der Waals surface area contributed by atoms with E-state index >= 15 is 0 Å². The lowest BCUT2D eigenvalue weighted by Crippen LogP contribution is -2.50. The number of para-hydroxylation sites is 1.